The summed E-state index contributed by atoms with van der Waals surface area (Å²) in [4.78, 5) is 27.1. The number of thiocarbonyl (C=S) groups is 1. The van der Waals surface area contributed by atoms with Gasteiger partial charge in [0.2, 0.25) is 0 Å². The summed E-state index contributed by atoms with van der Waals surface area (Å²) in [7, 11) is 1.54. The van der Waals surface area contributed by atoms with Crippen LogP contribution in [0.25, 0.3) is 6.08 Å². The van der Waals surface area contributed by atoms with Gasteiger partial charge in [-0.2, -0.15) is 0 Å². The molecule has 3 rings (SSSR count). The molecule has 8 heteroatoms. The van der Waals surface area contributed by atoms with E-state index in [1.807, 2.05) is 32.0 Å². The van der Waals surface area contributed by atoms with E-state index in [9.17, 15) is 9.59 Å². The quantitative estimate of drug-likeness (QED) is 0.403. The Morgan fingerprint density at radius 1 is 1.21 bits per heavy atom. The number of hydrogen-bond acceptors (Lipinski definition) is 5. The summed E-state index contributed by atoms with van der Waals surface area (Å²) in [6, 6.07) is 10.8. The molecule has 1 aliphatic heterocycles. The van der Waals surface area contributed by atoms with Gasteiger partial charge in [0, 0.05) is 4.47 Å². The number of aryl methyl sites for hydroxylation is 1. The van der Waals surface area contributed by atoms with Crippen LogP contribution in [0.15, 0.2) is 46.4 Å². The SMILES string of the molecule is CCOc1cc(/C=C2\C(=O)NC(=S)N(c3ccccc3C)C2=O)c(Br)cc1OC. The van der Waals surface area contributed by atoms with Crippen molar-refractivity contribution >= 4 is 56.8 Å². The van der Waals surface area contributed by atoms with E-state index in [-0.39, 0.29) is 10.7 Å². The molecule has 0 spiro atoms. The highest BCUT2D eigenvalue weighted by atomic mass is 79.9. The molecule has 1 heterocycles. The minimum atomic E-state index is -0.550. The summed E-state index contributed by atoms with van der Waals surface area (Å²) in [5, 5.41) is 2.65. The first-order valence-corrected chi connectivity index (χ1v) is 10.0. The van der Waals surface area contributed by atoms with Crippen LogP contribution >= 0.6 is 28.1 Å². The van der Waals surface area contributed by atoms with E-state index in [1.165, 1.54) is 11.0 Å². The Hall–Kier alpha value is -2.71. The Kier molecular flexibility index (Phi) is 6.34. The number of amides is 2. The second-order valence-electron chi connectivity index (χ2n) is 6.20. The maximum atomic E-state index is 13.2. The van der Waals surface area contributed by atoms with Crippen LogP contribution in [0.4, 0.5) is 5.69 Å². The maximum Gasteiger partial charge on any atom is 0.270 e. The van der Waals surface area contributed by atoms with Crippen molar-refractivity contribution in [1.82, 2.24) is 5.32 Å². The average Bonchev–Trinajstić information content (AvgIpc) is 2.68. The van der Waals surface area contributed by atoms with E-state index in [4.69, 9.17) is 21.7 Å². The highest BCUT2D eigenvalue weighted by Gasteiger charge is 2.35. The molecule has 0 bridgehead atoms. The van der Waals surface area contributed by atoms with Crippen molar-refractivity contribution in [2.75, 3.05) is 18.6 Å². The second-order valence-corrected chi connectivity index (χ2v) is 7.44. The number of halogens is 1. The van der Waals surface area contributed by atoms with Gasteiger partial charge in [0.1, 0.15) is 5.57 Å². The molecule has 29 heavy (non-hydrogen) atoms. The summed E-state index contributed by atoms with van der Waals surface area (Å²) in [5.74, 6) is 0.0160. The zero-order valence-electron chi connectivity index (χ0n) is 16.1. The van der Waals surface area contributed by atoms with Crippen molar-refractivity contribution in [2.45, 2.75) is 13.8 Å². The number of methoxy groups -OCH3 is 1. The van der Waals surface area contributed by atoms with Crippen molar-refractivity contribution in [3.63, 3.8) is 0 Å². The third-order valence-corrected chi connectivity index (χ3v) is 5.31. The molecular formula is C21H19BrN2O4S. The number of hydrogen-bond donors (Lipinski definition) is 1. The van der Waals surface area contributed by atoms with E-state index in [0.717, 1.165) is 5.56 Å². The number of nitrogens with one attached hydrogen (secondary N) is 1. The number of ether oxygens (including phenoxy) is 2. The molecule has 1 saturated heterocycles. The van der Waals surface area contributed by atoms with Crippen molar-refractivity contribution in [3.05, 3.63) is 57.6 Å². The van der Waals surface area contributed by atoms with Crippen molar-refractivity contribution in [3.8, 4) is 11.5 Å². The Balaban J connectivity index is 2.08. The van der Waals surface area contributed by atoms with Gasteiger partial charge < -0.3 is 9.47 Å². The first kappa shape index (κ1) is 21.0. The Morgan fingerprint density at radius 2 is 1.93 bits per heavy atom. The number of anilines is 1. The van der Waals surface area contributed by atoms with Gasteiger partial charge in [-0.15, -0.1) is 0 Å². The molecule has 1 fully saturated rings. The molecule has 1 N–H and O–H groups in total. The van der Waals surface area contributed by atoms with Crippen molar-refractivity contribution in [2.24, 2.45) is 0 Å². The fraction of sp³-hybridized carbons (Fsp3) is 0.190. The smallest absolute Gasteiger partial charge is 0.270 e. The summed E-state index contributed by atoms with van der Waals surface area (Å²) >= 11 is 8.72. The molecule has 0 unspecified atom stereocenters. The molecule has 6 nitrogen and oxygen atoms in total. The lowest BCUT2D eigenvalue weighted by Gasteiger charge is -2.30. The normalized spacial score (nSPS) is 15.5. The lowest BCUT2D eigenvalue weighted by molar-refractivity contribution is -0.122. The van der Waals surface area contributed by atoms with Crippen LogP contribution in [0, 0.1) is 6.92 Å². The largest absolute Gasteiger partial charge is 0.493 e. The molecule has 1 aliphatic rings. The third-order valence-electron chi connectivity index (χ3n) is 4.34. The van der Waals surface area contributed by atoms with Crippen LogP contribution < -0.4 is 19.7 Å². The van der Waals surface area contributed by atoms with Crippen molar-refractivity contribution in [1.29, 1.82) is 0 Å². The lowest BCUT2D eigenvalue weighted by Crippen LogP contribution is -2.54. The summed E-state index contributed by atoms with van der Waals surface area (Å²) in [6.07, 6.45) is 1.51. The highest BCUT2D eigenvalue weighted by molar-refractivity contribution is 9.10. The summed E-state index contributed by atoms with van der Waals surface area (Å²) < 4.78 is 11.6. The van der Waals surface area contributed by atoms with Crippen molar-refractivity contribution < 1.29 is 19.1 Å². The number of para-hydroxylation sites is 1. The average molecular weight is 475 g/mol. The van der Waals surface area contributed by atoms with Crippen LogP contribution in [0.3, 0.4) is 0 Å². The lowest BCUT2D eigenvalue weighted by atomic mass is 10.1. The molecule has 2 aromatic rings. The van der Waals surface area contributed by atoms with Gasteiger partial charge in [-0.05, 0) is 61.5 Å². The number of benzene rings is 2. The zero-order valence-corrected chi connectivity index (χ0v) is 18.5. The van der Waals surface area contributed by atoms with Crippen LogP contribution in [-0.4, -0.2) is 30.6 Å². The first-order chi connectivity index (χ1) is 13.9. The van der Waals surface area contributed by atoms with Crippen LogP contribution in [-0.2, 0) is 9.59 Å². The monoisotopic (exact) mass is 474 g/mol. The number of rotatable bonds is 5. The van der Waals surface area contributed by atoms with E-state index in [0.29, 0.717) is 33.8 Å². The molecule has 2 amide bonds. The zero-order chi connectivity index (χ0) is 21.1. The van der Waals surface area contributed by atoms with Crippen LogP contribution in [0.1, 0.15) is 18.1 Å². The van der Waals surface area contributed by atoms with Gasteiger partial charge >= 0.3 is 0 Å². The Labute approximate surface area is 182 Å². The summed E-state index contributed by atoms with van der Waals surface area (Å²) in [6.45, 7) is 4.18. The molecule has 0 atom stereocenters. The summed E-state index contributed by atoms with van der Waals surface area (Å²) in [5.41, 5.74) is 2.06. The molecule has 0 radical (unpaired) electrons. The highest BCUT2D eigenvalue weighted by Crippen LogP contribution is 2.35. The maximum absolute atomic E-state index is 13.2. The van der Waals surface area contributed by atoms with Gasteiger partial charge in [0.05, 0.1) is 19.4 Å². The van der Waals surface area contributed by atoms with Gasteiger partial charge in [0.15, 0.2) is 16.6 Å². The number of carbonyl (C=O) groups is 2. The Morgan fingerprint density at radius 3 is 2.59 bits per heavy atom. The Bertz CT molecular complexity index is 1040. The van der Waals surface area contributed by atoms with E-state index in [2.05, 4.69) is 21.2 Å². The van der Waals surface area contributed by atoms with Crippen LogP contribution in [0.2, 0.25) is 0 Å². The molecule has 0 saturated carbocycles. The van der Waals surface area contributed by atoms with Gasteiger partial charge in [0.25, 0.3) is 11.8 Å². The van der Waals surface area contributed by atoms with E-state index < -0.39 is 11.8 Å². The fourth-order valence-corrected chi connectivity index (χ4v) is 3.65. The number of carbonyl (C=O) groups excluding carboxylic acids is 2. The predicted octanol–water partition coefficient (Wildman–Crippen LogP) is 4.00. The van der Waals surface area contributed by atoms with Gasteiger partial charge in [-0.3, -0.25) is 19.8 Å². The van der Waals surface area contributed by atoms with Gasteiger partial charge in [-0.1, -0.05) is 34.1 Å². The molecule has 2 aromatic carbocycles. The minimum Gasteiger partial charge on any atom is -0.493 e. The van der Waals surface area contributed by atoms with E-state index >= 15 is 0 Å². The third kappa shape index (κ3) is 4.18. The standard InChI is InChI=1S/C21H19BrN2O4S/c1-4-28-18-10-13(15(22)11-17(18)27-3)9-14-19(25)23-21(29)24(20(14)26)16-8-6-5-7-12(16)2/h5-11H,4H2,1-3H3,(H,23,25,29)/b14-9+. The van der Waals surface area contributed by atoms with Gasteiger partial charge in [-0.25, -0.2) is 0 Å². The fourth-order valence-electron chi connectivity index (χ4n) is 2.94. The molecule has 0 aliphatic carbocycles. The molecule has 150 valence electrons. The van der Waals surface area contributed by atoms with E-state index in [1.54, 1.807) is 25.3 Å². The predicted molar refractivity (Wildman–Crippen MR) is 119 cm³/mol. The number of nitrogens with zero attached hydrogens (tertiary/aromatic N) is 1. The molecular weight excluding hydrogens is 456 g/mol. The first-order valence-electron chi connectivity index (χ1n) is 8.84. The van der Waals surface area contributed by atoms with Crippen LogP contribution in [0.5, 0.6) is 11.5 Å². The second kappa shape index (κ2) is 8.75. The minimum absolute atomic E-state index is 0.0323. The molecule has 0 aromatic heterocycles. The topological polar surface area (TPSA) is 67.9 Å².